The maximum absolute atomic E-state index is 13.4. The molecule has 1 aliphatic rings. The van der Waals surface area contributed by atoms with Crippen LogP contribution in [0.3, 0.4) is 0 Å². The summed E-state index contributed by atoms with van der Waals surface area (Å²) in [6.07, 6.45) is 2.52. The lowest BCUT2D eigenvalue weighted by Crippen LogP contribution is -2.47. The van der Waals surface area contributed by atoms with Crippen molar-refractivity contribution in [1.82, 2.24) is 20.0 Å². The minimum absolute atomic E-state index is 0.0610. The number of amides is 1. The third kappa shape index (κ3) is 4.67. The lowest BCUT2D eigenvalue weighted by atomic mass is 9.89. The molecular weight excluding hydrogens is 368 g/mol. The molecule has 1 fully saturated rings. The molecule has 2 N–H and O–H groups in total. The molecule has 0 bridgehead atoms. The predicted octanol–water partition coefficient (Wildman–Crippen LogP) is 2.76. The van der Waals surface area contributed by atoms with Crippen LogP contribution in [0.25, 0.3) is 5.69 Å². The van der Waals surface area contributed by atoms with Crippen molar-refractivity contribution in [2.45, 2.75) is 52.0 Å². The van der Waals surface area contributed by atoms with E-state index in [1.54, 1.807) is 9.58 Å². The Morgan fingerprint density at radius 3 is 2.48 bits per heavy atom. The number of nitrogens with one attached hydrogen (secondary N) is 1. The fourth-order valence-corrected chi connectivity index (χ4v) is 3.65. The van der Waals surface area contributed by atoms with Gasteiger partial charge >= 0.3 is 5.97 Å². The summed E-state index contributed by atoms with van der Waals surface area (Å²) >= 11 is 0. The van der Waals surface area contributed by atoms with Crippen LogP contribution in [0, 0.1) is 6.92 Å². The summed E-state index contributed by atoms with van der Waals surface area (Å²) in [5, 5.41) is 16.7. The number of carbonyl (C=O) groups is 2. The second kappa shape index (κ2) is 7.63. The van der Waals surface area contributed by atoms with Gasteiger partial charge in [0.25, 0.3) is 5.91 Å². The number of benzene rings is 1. The van der Waals surface area contributed by atoms with Crippen LogP contribution in [0.15, 0.2) is 30.5 Å². The lowest BCUT2D eigenvalue weighted by molar-refractivity contribution is -0.136. The van der Waals surface area contributed by atoms with Crippen LogP contribution < -0.4 is 5.32 Å². The molecule has 1 saturated heterocycles. The van der Waals surface area contributed by atoms with Gasteiger partial charge in [-0.25, -0.2) is 4.68 Å². The standard InChI is InChI=1S/C22H30N4O3/c1-15-6-8-16(9-7-15)26-13-17(19(24-26)21(2,3)4)20(29)25-11-10-22(5,14-25)23-12-18(27)28/h6-9,13,23H,10-12,14H2,1-5H3,(H,27,28). The molecule has 7 nitrogen and oxygen atoms in total. The highest BCUT2D eigenvalue weighted by atomic mass is 16.4. The Balaban J connectivity index is 1.88. The largest absolute Gasteiger partial charge is 0.480 e. The van der Waals surface area contributed by atoms with Crippen molar-refractivity contribution in [3.63, 3.8) is 0 Å². The molecular formula is C22H30N4O3. The Morgan fingerprint density at radius 1 is 1.24 bits per heavy atom. The van der Waals surface area contributed by atoms with Crippen molar-refractivity contribution in [2.24, 2.45) is 0 Å². The van der Waals surface area contributed by atoms with Gasteiger partial charge in [0, 0.05) is 30.2 Å². The number of aromatic nitrogens is 2. The third-order valence-corrected chi connectivity index (χ3v) is 5.38. The summed E-state index contributed by atoms with van der Waals surface area (Å²) in [7, 11) is 0. The fraction of sp³-hybridized carbons (Fsp3) is 0.500. The van der Waals surface area contributed by atoms with E-state index < -0.39 is 11.5 Å². The minimum Gasteiger partial charge on any atom is -0.480 e. The number of rotatable bonds is 5. The monoisotopic (exact) mass is 398 g/mol. The van der Waals surface area contributed by atoms with Crippen molar-refractivity contribution in [3.8, 4) is 5.69 Å². The van der Waals surface area contributed by atoms with Crippen molar-refractivity contribution in [3.05, 3.63) is 47.3 Å². The minimum atomic E-state index is -0.898. The smallest absolute Gasteiger partial charge is 0.317 e. The zero-order chi connectivity index (χ0) is 21.4. The van der Waals surface area contributed by atoms with Crippen molar-refractivity contribution in [1.29, 1.82) is 0 Å². The number of aryl methyl sites for hydroxylation is 1. The number of aliphatic carboxylic acids is 1. The predicted molar refractivity (Wildman–Crippen MR) is 112 cm³/mol. The van der Waals surface area contributed by atoms with Crippen LogP contribution in [-0.4, -0.2) is 56.8 Å². The number of carboxylic acids is 1. The van der Waals surface area contributed by atoms with Crippen molar-refractivity contribution < 1.29 is 14.7 Å². The molecule has 1 aromatic heterocycles. The van der Waals surface area contributed by atoms with Gasteiger partial charge in [0.2, 0.25) is 0 Å². The summed E-state index contributed by atoms with van der Waals surface area (Å²) in [6, 6.07) is 8.03. The second-order valence-electron chi connectivity index (χ2n) is 9.21. The number of nitrogens with zero attached hydrogens (tertiary/aromatic N) is 3. The number of carboxylic acid groups (broad SMARTS) is 1. The van der Waals surface area contributed by atoms with E-state index in [0.717, 1.165) is 11.4 Å². The molecule has 0 saturated carbocycles. The molecule has 1 amide bonds. The highest BCUT2D eigenvalue weighted by Crippen LogP contribution is 2.29. The zero-order valence-corrected chi connectivity index (χ0v) is 17.8. The van der Waals surface area contributed by atoms with E-state index in [1.807, 2.05) is 65.1 Å². The van der Waals surface area contributed by atoms with E-state index in [-0.39, 0.29) is 17.9 Å². The van der Waals surface area contributed by atoms with E-state index in [2.05, 4.69) is 5.32 Å². The van der Waals surface area contributed by atoms with Gasteiger partial charge < -0.3 is 10.0 Å². The van der Waals surface area contributed by atoms with Crippen LogP contribution in [0.2, 0.25) is 0 Å². The maximum Gasteiger partial charge on any atom is 0.317 e. The first-order valence-corrected chi connectivity index (χ1v) is 9.92. The average Bonchev–Trinajstić information content (AvgIpc) is 3.25. The topological polar surface area (TPSA) is 87.5 Å². The summed E-state index contributed by atoms with van der Waals surface area (Å²) in [5.41, 5.74) is 2.75. The molecule has 1 aliphatic heterocycles. The Hall–Kier alpha value is -2.67. The Kier molecular flexibility index (Phi) is 5.54. The first kappa shape index (κ1) is 21.0. The summed E-state index contributed by atoms with van der Waals surface area (Å²) < 4.78 is 1.77. The molecule has 0 radical (unpaired) electrons. The third-order valence-electron chi connectivity index (χ3n) is 5.38. The Morgan fingerprint density at radius 2 is 1.90 bits per heavy atom. The van der Waals surface area contributed by atoms with Crippen LogP contribution in [0.4, 0.5) is 0 Å². The molecule has 2 aromatic rings. The second-order valence-corrected chi connectivity index (χ2v) is 9.21. The molecule has 1 atom stereocenters. The van der Waals surface area contributed by atoms with E-state index in [0.29, 0.717) is 25.1 Å². The molecule has 0 spiro atoms. The first-order valence-electron chi connectivity index (χ1n) is 9.92. The van der Waals surface area contributed by atoms with Crippen LogP contribution in [0.1, 0.15) is 55.7 Å². The first-order chi connectivity index (χ1) is 13.5. The normalized spacial score (nSPS) is 19.6. The van der Waals surface area contributed by atoms with Gasteiger partial charge in [0.1, 0.15) is 0 Å². The summed E-state index contributed by atoms with van der Waals surface area (Å²) in [5.74, 6) is -0.959. The zero-order valence-electron chi connectivity index (χ0n) is 17.8. The van der Waals surface area contributed by atoms with E-state index in [9.17, 15) is 9.59 Å². The highest BCUT2D eigenvalue weighted by molar-refractivity contribution is 5.96. The van der Waals surface area contributed by atoms with Gasteiger partial charge in [0.15, 0.2) is 0 Å². The molecule has 0 aliphatic carbocycles. The molecule has 7 heteroatoms. The highest BCUT2D eigenvalue weighted by Gasteiger charge is 2.38. The van der Waals surface area contributed by atoms with Gasteiger partial charge in [-0.15, -0.1) is 0 Å². The van der Waals surface area contributed by atoms with Gasteiger partial charge in [-0.1, -0.05) is 38.5 Å². The SMILES string of the molecule is Cc1ccc(-n2cc(C(=O)N3CCC(C)(NCC(=O)O)C3)c(C(C)(C)C)n2)cc1. The fourth-order valence-electron chi connectivity index (χ4n) is 3.65. The number of carbonyl (C=O) groups excluding carboxylic acids is 1. The van der Waals surface area contributed by atoms with Gasteiger partial charge in [-0.05, 0) is 32.4 Å². The van der Waals surface area contributed by atoms with E-state index >= 15 is 0 Å². The number of likely N-dealkylation sites (tertiary alicyclic amines) is 1. The van der Waals surface area contributed by atoms with E-state index in [1.165, 1.54) is 5.56 Å². The molecule has 3 rings (SSSR count). The summed E-state index contributed by atoms with van der Waals surface area (Å²) in [4.78, 5) is 26.1. The molecule has 1 unspecified atom stereocenters. The van der Waals surface area contributed by atoms with Crippen LogP contribution >= 0.6 is 0 Å². The van der Waals surface area contributed by atoms with Gasteiger partial charge in [0.05, 0.1) is 23.5 Å². The lowest BCUT2D eigenvalue weighted by Gasteiger charge is -2.26. The van der Waals surface area contributed by atoms with Crippen molar-refractivity contribution in [2.75, 3.05) is 19.6 Å². The van der Waals surface area contributed by atoms with Crippen LogP contribution in [0.5, 0.6) is 0 Å². The number of hydrogen-bond acceptors (Lipinski definition) is 4. The summed E-state index contributed by atoms with van der Waals surface area (Å²) in [6.45, 7) is 11.1. The Labute approximate surface area is 171 Å². The molecule has 2 heterocycles. The van der Waals surface area contributed by atoms with Crippen molar-refractivity contribution >= 4 is 11.9 Å². The van der Waals surface area contributed by atoms with Gasteiger partial charge in [-0.3, -0.25) is 14.9 Å². The quantitative estimate of drug-likeness (QED) is 0.809. The number of hydrogen-bond donors (Lipinski definition) is 2. The van der Waals surface area contributed by atoms with E-state index in [4.69, 9.17) is 10.2 Å². The molecule has 29 heavy (non-hydrogen) atoms. The molecule has 156 valence electrons. The van der Waals surface area contributed by atoms with Crippen LogP contribution in [-0.2, 0) is 10.2 Å². The molecule has 1 aromatic carbocycles. The van der Waals surface area contributed by atoms with Gasteiger partial charge in [-0.2, -0.15) is 5.10 Å². The Bertz CT molecular complexity index is 911. The average molecular weight is 399 g/mol. The maximum atomic E-state index is 13.4.